The quantitative estimate of drug-likeness (QED) is 0.693. The molecular weight excluding hydrogens is 396 g/mol. The van der Waals surface area contributed by atoms with E-state index in [1.807, 2.05) is 29.2 Å². The van der Waals surface area contributed by atoms with Crippen LogP contribution >= 0.6 is 0 Å². The summed E-state index contributed by atoms with van der Waals surface area (Å²) in [7, 11) is 1.60. The van der Waals surface area contributed by atoms with Crippen molar-refractivity contribution < 1.29 is 14.3 Å². The molecule has 1 aromatic carbocycles. The predicted molar refractivity (Wildman–Crippen MR) is 114 cm³/mol. The molecule has 0 spiro atoms. The molecule has 9 heteroatoms. The van der Waals surface area contributed by atoms with Gasteiger partial charge < -0.3 is 14.5 Å². The van der Waals surface area contributed by atoms with Gasteiger partial charge in [-0.15, -0.1) is 0 Å². The van der Waals surface area contributed by atoms with E-state index >= 15 is 0 Å². The number of hydrogen-bond acceptors (Lipinski definition) is 6. The van der Waals surface area contributed by atoms with Gasteiger partial charge in [-0.25, -0.2) is 9.97 Å². The Kier molecular flexibility index (Phi) is 5.01. The molecule has 2 saturated heterocycles. The maximum absolute atomic E-state index is 13.3. The van der Waals surface area contributed by atoms with Crippen molar-refractivity contribution in [3.05, 3.63) is 42.4 Å². The monoisotopic (exact) mass is 420 g/mol. The molecule has 2 fully saturated rings. The summed E-state index contributed by atoms with van der Waals surface area (Å²) in [4.78, 5) is 38.2. The summed E-state index contributed by atoms with van der Waals surface area (Å²) in [6.07, 6.45) is 5.36. The van der Waals surface area contributed by atoms with Gasteiger partial charge in [0.25, 0.3) is 0 Å². The average Bonchev–Trinajstić information content (AvgIpc) is 3.42. The molecule has 4 heterocycles. The van der Waals surface area contributed by atoms with E-state index in [4.69, 9.17) is 4.74 Å². The zero-order valence-electron chi connectivity index (χ0n) is 17.3. The molecule has 2 aliphatic rings. The van der Waals surface area contributed by atoms with Crippen LogP contribution in [0.3, 0.4) is 0 Å². The van der Waals surface area contributed by atoms with Gasteiger partial charge in [-0.1, -0.05) is 6.07 Å². The van der Waals surface area contributed by atoms with Crippen LogP contribution in [0.2, 0.25) is 0 Å². The van der Waals surface area contributed by atoms with Gasteiger partial charge in [-0.05, 0) is 25.0 Å². The minimum atomic E-state index is -0.337. The first-order valence-corrected chi connectivity index (χ1v) is 10.5. The largest absolute Gasteiger partial charge is 0.497 e. The smallest absolute Gasteiger partial charge is 0.228 e. The number of methoxy groups -OCH3 is 1. The molecule has 0 bridgehead atoms. The number of carbonyl (C=O) groups is 2. The van der Waals surface area contributed by atoms with Gasteiger partial charge in [0.05, 0.1) is 18.7 Å². The molecule has 3 aromatic rings. The first kappa shape index (κ1) is 19.5. The van der Waals surface area contributed by atoms with Crippen molar-refractivity contribution >= 4 is 28.7 Å². The normalized spacial score (nSPS) is 21.6. The van der Waals surface area contributed by atoms with Crippen molar-refractivity contribution in [2.75, 3.05) is 31.6 Å². The number of carbonyl (C=O) groups excluding carboxylic acids is 2. The Morgan fingerprint density at radius 1 is 1.23 bits per heavy atom. The molecule has 2 atom stereocenters. The van der Waals surface area contributed by atoms with Crippen molar-refractivity contribution in [3.8, 4) is 5.75 Å². The molecule has 2 aromatic heterocycles. The molecular formula is C22H24N6O3. The van der Waals surface area contributed by atoms with Crippen molar-refractivity contribution in [2.45, 2.75) is 25.2 Å². The lowest BCUT2D eigenvalue weighted by atomic mass is 9.93. The third kappa shape index (κ3) is 3.60. The van der Waals surface area contributed by atoms with E-state index in [2.05, 4.69) is 20.2 Å². The van der Waals surface area contributed by atoms with Crippen LogP contribution in [0.5, 0.6) is 5.75 Å². The fraction of sp³-hybridized carbons (Fsp3) is 0.409. The van der Waals surface area contributed by atoms with Crippen LogP contribution in [-0.2, 0) is 9.59 Å². The Bertz CT molecular complexity index is 1130. The molecule has 0 aliphatic carbocycles. The standard InChI is InChI=1S/C22H24N6O3/c1-31-17-6-2-5-16(11-17)28-13-15(10-18(28)29)22(30)27-9-3-4-14(12-27)19-20-21(26-25-19)24-8-7-23-20/h2,5-8,11,14-15H,3-4,9-10,12-13H2,1H3,(H,24,25,26)/t14-,15+/m1/s1. The fourth-order valence-corrected chi connectivity index (χ4v) is 4.63. The summed E-state index contributed by atoms with van der Waals surface area (Å²) >= 11 is 0. The van der Waals surface area contributed by atoms with E-state index in [9.17, 15) is 9.59 Å². The highest BCUT2D eigenvalue weighted by Crippen LogP contribution is 2.32. The number of likely N-dealkylation sites (tertiary alicyclic amines) is 1. The van der Waals surface area contributed by atoms with Crippen LogP contribution in [0.4, 0.5) is 5.69 Å². The molecule has 0 radical (unpaired) electrons. The zero-order valence-corrected chi connectivity index (χ0v) is 17.3. The number of fused-ring (bicyclic) bond motifs is 1. The summed E-state index contributed by atoms with van der Waals surface area (Å²) in [5, 5.41) is 7.32. The van der Waals surface area contributed by atoms with Crippen molar-refractivity contribution in [1.82, 2.24) is 25.1 Å². The van der Waals surface area contributed by atoms with E-state index in [1.54, 1.807) is 24.4 Å². The number of H-pyrrole nitrogens is 1. The number of nitrogens with zero attached hydrogens (tertiary/aromatic N) is 5. The number of anilines is 1. The summed E-state index contributed by atoms with van der Waals surface area (Å²) < 4.78 is 5.27. The molecule has 1 N–H and O–H groups in total. The number of rotatable bonds is 4. The summed E-state index contributed by atoms with van der Waals surface area (Å²) in [5.41, 5.74) is 3.05. The number of nitrogens with one attached hydrogen (secondary N) is 1. The summed E-state index contributed by atoms with van der Waals surface area (Å²) in [6.45, 7) is 1.69. The summed E-state index contributed by atoms with van der Waals surface area (Å²) in [5.74, 6) is 0.490. The highest BCUT2D eigenvalue weighted by molar-refractivity contribution is 6.00. The van der Waals surface area contributed by atoms with Crippen LogP contribution in [0.15, 0.2) is 36.7 Å². The van der Waals surface area contributed by atoms with Gasteiger partial charge in [0.15, 0.2) is 5.65 Å². The number of aromatic amines is 1. The summed E-state index contributed by atoms with van der Waals surface area (Å²) in [6, 6.07) is 7.38. The maximum atomic E-state index is 13.3. The molecule has 0 unspecified atom stereocenters. The average molecular weight is 420 g/mol. The number of ether oxygens (including phenoxy) is 1. The van der Waals surface area contributed by atoms with Crippen LogP contribution in [0.1, 0.15) is 30.9 Å². The van der Waals surface area contributed by atoms with Crippen LogP contribution < -0.4 is 9.64 Å². The maximum Gasteiger partial charge on any atom is 0.228 e. The van der Waals surface area contributed by atoms with Crippen LogP contribution in [-0.4, -0.2) is 63.6 Å². The van der Waals surface area contributed by atoms with Crippen molar-refractivity contribution in [2.24, 2.45) is 5.92 Å². The van der Waals surface area contributed by atoms with E-state index in [-0.39, 0.29) is 30.1 Å². The topological polar surface area (TPSA) is 104 Å². The molecule has 9 nitrogen and oxygen atoms in total. The number of piperidine rings is 1. The Labute approximate surface area is 179 Å². The first-order chi connectivity index (χ1) is 15.1. The molecule has 31 heavy (non-hydrogen) atoms. The lowest BCUT2D eigenvalue weighted by Crippen LogP contribution is -2.43. The Morgan fingerprint density at radius 3 is 2.97 bits per heavy atom. The van der Waals surface area contributed by atoms with E-state index in [1.165, 1.54) is 0 Å². The number of hydrogen-bond donors (Lipinski definition) is 1. The van der Waals surface area contributed by atoms with Gasteiger partial charge in [-0.3, -0.25) is 14.7 Å². The predicted octanol–water partition coefficient (Wildman–Crippen LogP) is 2.12. The van der Waals surface area contributed by atoms with Gasteiger partial charge in [0.1, 0.15) is 11.3 Å². The van der Waals surface area contributed by atoms with Gasteiger partial charge in [0, 0.05) is 56.1 Å². The number of benzene rings is 1. The van der Waals surface area contributed by atoms with E-state index < -0.39 is 0 Å². The third-order valence-corrected chi connectivity index (χ3v) is 6.20. The van der Waals surface area contributed by atoms with Gasteiger partial charge >= 0.3 is 0 Å². The Morgan fingerprint density at radius 2 is 2.10 bits per heavy atom. The molecule has 2 amide bonds. The van der Waals surface area contributed by atoms with Crippen molar-refractivity contribution in [3.63, 3.8) is 0 Å². The highest BCUT2D eigenvalue weighted by atomic mass is 16.5. The SMILES string of the molecule is COc1cccc(N2C[C@@H](C(=O)N3CCC[C@@H](c4[nH]nc5nccnc45)C3)CC2=O)c1. The van der Waals surface area contributed by atoms with E-state index in [0.29, 0.717) is 31.0 Å². The highest BCUT2D eigenvalue weighted by Gasteiger charge is 2.39. The van der Waals surface area contributed by atoms with Crippen LogP contribution in [0, 0.1) is 5.92 Å². The second-order valence-corrected chi connectivity index (χ2v) is 8.10. The second kappa shape index (κ2) is 7.98. The van der Waals surface area contributed by atoms with E-state index in [0.717, 1.165) is 29.7 Å². The van der Waals surface area contributed by atoms with Crippen LogP contribution in [0.25, 0.3) is 11.2 Å². The molecule has 160 valence electrons. The minimum absolute atomic E-state index is 0.0324. The molecule has 5 rings (SSSR count). The van der Waals surface area contributed by atoms with Gasteiger partial charge in [0.2, 0.25) is 11.8 Å². The fourth-order valence-electron chi connectivity index (χ4n) is 4.63. The molecule has 2 aliphatic heterocycles. The Hall–Kier alpha value is -3.49. The Balaban J connectivity index is 1.30. The number of amides is 2. The second-order valence-electron chi connectivity index (χ2n) is 8.10. The van der Waals surface area contributed by atoms with Gasteiger partial charge in [-0.2, -0.15) is 5.10 Å². The molecule has 0 saturated carbocycles. The lowest BCUT2D eigenvalue weighted by molar-refractivity contribution is -0.137. The zero-order chi connectivity index (χ0) is 21.4. The third-order valence-electron chi connectivity index (χ3n) is 6.20. The minimum Gasteiger partial charge on any atom is -0.497 e. The van der Waals surface area contributed by atoms with Crippen molar-refractivity contribution in [1.29, 1.82) is 0 Å². The first-order valence-electron chi connectivity index (χ1n) is 10.5. The number of aromatic nitrogens is 4. The lowest BCUT2D eigenvalue weighted by Gasteiger charge is -2.33.